The number of rotatable bonds is 3. The van der Waals surface area contributed by atoms with E-state index in [4.69, 9.17) is 11.6 Å². The average molecular weight is 277 g/mol. The van der Waals surface area contributed by atoms with Crippen molar-refractivity contribution in [3.05, 3.63) is 42.0 Å². The van der Waals surface area contributed by atoms with Crippen LogP contribution in [0.5, 0.6) is 0 Å². The zero-order chi connectivity index (χ0) is 13.9. The Labute approximate surface area is 122 Å². The van der Waals surface area contributed by atoms with E-state index in [2.05, 4.69) is 57.2 Å². The highest BCUT2D eigenvalue weighted by Crippen LogP contribution is 2.46. The lowest BCUT2D eigenvalue weighted by molar-refractivity contribution is 0.198. The van der Waals surface area contributed by atoms with Crippen LogP contribution in [0.2, 0.25) is 0 Å². The van der Waals surface area contributed by atoms with Crippen molar-refractivity contribution in [2.75, 3.05) is 0 Å². The maximum Gasteiger partial charge on any atom is 0.0662 e. The Hall–Kier alpha value is -0.750. The average Bonchev–Trinajstić information content (AvgIpc) is 2.37. The summed E-state index contributed by atoms with van der Waals surface area (Å²) in [5, 5.41) is 0. The highest BCUT2D eigenvalue weighted by atomic mass is 35.5. The van der Waals surface area contributed by atoms with E-state index in [9.17, 15) is 0 Å². The summed E-state index contributed by atoms with van der Waals surface area (Å²) in [6.45, 7) is 6.92. The summed E-state index contributed by atoms with van der Waals surface area (Å²) in [7, 11) is 0. The molecule has 1 fully saturated rings. The monoisotopic (exact) mass is 276 g/mol. The first-order chi connectivity index (χ1) is 9.01. The fourth-order valence-electron chi connectivity index (χ4n) is 3.37. The normalized spacial score (nSPS) is 32.1. The first-order valence-corrected chi connectivity index (χ1v) is 7.82. The maximum absolute atomic E-state index is 6.99. The lowest BCUT2D eigenvalue weighted by Crippen LogP contribution is -2.39. The third-order valence-electron chi connectivity index (χ3n) is 4.41. The Balaban J connectivity index is 2.20. The Kier molecular flexibility index (Phi) is 4.73. The number of alkyl halides is 1. The first-order valence-electron chi connectivity index (χ1n) is 7.44. The summed E-state index contributed by atoms with van der Waals surface area (Å²) in [5.41, 5.74) is 1.24. The summed E-state index contributed by atoms with van der Waals surface area (Å²) in [4.78, 5) is -0.165. The molecule has 3 atom stereocenters. The van der Waals surface area contributed by atoms with Crippen LogP contribution in [-0.2, 0) is 0 Å². The Bertz CT molecular complexity index is 421. The van der Waals surface area contributed by atoms with Crippen molar-refractivity contribution < 1.29 is 0 Å². The molecule has 19 heavy (non-hydrogen) atoms. The SMILES string of the molecule is CC1CCC(C(C)C)C(Cl)(C=Cc2ccccc2)C1. The van der Waals surface area contributed by atoms with Gasteiger partial charge in [-0.1, -0.05) is 69.7 Å². The lowest BCUT2D eigenvalue weighted by Gasteiger charge is -2.42. The topological polar surface area (TPSA) is 0 Å². The van der Waals surface area contributed by atoms with E-state index in [-0.39, 0.29) is 4.87 Å². The molecule has 2 rings (SSSR count). The van der Waals surface area contributed by atoms with Crippen LogP contribution in [-0.4, -0.2) is 4.87 Å². The van der Waals surface area contributed by atoms with Crippen molar-refractivity contribution in [3.63, 3.8) is 0 Å². The minimum Gasteiger partial charge on any atom is -0.114 e. The van der Waals surface area contributed by atoms with E-state index in [0.717, 1.165) is 12.3 Å². The van der Waals surface area contributed by atoms with Crippen LogP contribution in [0.15, 0.2) is 36.4 Å². The highest BCUT2D eigenvalue weighted by molar-refractivity contribution is 6.25. The summed E-state index contributed by atoms with van der Waals surface area (Å²) in [6, 6.07) is 10.5. The molecule has 0 spiro atoms. The van der Waals surface area contributed by atoms with Gasteiger partial charge < -0.3 is 0 Å². The maximum atomic E-state index is 6.99. The Morgan fingerprint density at radius 1 is 1.21 bits per heavy atom. The van der Waals surface area contributed by atoms with E-state index in [1.807, 2.05) is 6.07 Å². The fourth-order valence-corrected chi connectivity index (χ4v) is 4.06. The van der Waals surface area contributed by atoms with Gasteiger partial charge in [0.25, 0.3) is 0 Å². The molecule has 1 aliphatic carbocycles. The smallest absolute Gasteiger partial charge is 0.0662 e. The van der Waals surface area contributed by atoms with Crippen molar-refractivity contribution in [2.24, 2.45) is 17.8 Å². The third kappa shape index (κ3) is 3.63. The predicted octanol–water partition coefficient (Wildman–Crippen LogP) is 5.77. The Morgan fingerprint density at radius 3 is 2.53 bits per heavy atom. The van der Waals surface area contributed by atoms with Gasteiger partial charge in [0.2, 0.25) is 0 Å². The van der Waals surface area contributed by atoms with Crippen LogP contribution in [0.4, 0.5) is 0 Å². The second-order valence-electron chi connectivity index (χ2n) is 6.41. The van der Waals surface area contributed by atoms with Crippen LogP contribution < -0.4 is 0 Å². The molecule has 3 unspecified atom stereocenters. The quantitative estimate of drug-likeness (QED) is 0.615. The van der Waals surface area contributed by atoms with E-state index in [1.165, 1.54) is 18.4 Å². The molecule has 1 aliphatic rings. The molecule has 0 bridgehead atoms. The van der Waals surface area contributed by atoms with Gasteiger partial charge in [0, 0.05) is 0 Å². The second kappa shape index (κ2) is 6.13. The van der Waals surface area contributed by atoms with Gasteiger partial charge in [0.05, 0.1) is 4.87 Å². The van der Waals surface area contributed by atoms with Crippen molar-refractivity contribution >= 4 is 17.7 Å². The highest BCUT2D eigenvalue weighted by Gasteiger charge is 2.40. The van der Waals surface area contributed by atoms with Crippen LogP contribution >= 0.6 is 11.6 Å². The first kappa shape index (κ1) is 14.7. The minimum absolute atomic E-state index is 0.165. The number of halogens is 1. The van der Waals surface area contributed by atoms with E-state index in [1.54, 1.807) is 0 Å². The fraction of sp³-hybridized carbons (Fsp3) is 0.556. The minimum atomic E-state index is -0.165. The standard InChI is InChI=1S/C18H25Cl/c1-14(2)17-10-9-15(3)13-18(17,19)12-11-16-7-5-4-6-8-16/h4-8,11-12,14-15,17H,9-10,13H2,1-3H3. The lowest BCUT2D eigenvalue weighted by atomic mass is 9.69. The molecule has 0 amide bonds. The molecule has 1 aromatic carbocycles. The molecule has 104 valence electrons. The molecular weight excluding hydrogens is 252 g/mol. The zero-order valence-corrected chi connectivity index (χ0v) is 13.0. The molecule has 0 aromatic heterocycles. The molecular formula is C18H25Cl. The Morgan fingerprint density at radius 2 is 1.89 bits per heavy atom. The summed E-state index contributed by atoms with van der Waals surface area (Å²) >= 11 is 6.99. The zero-order valence-electron chi connectivity index (χ0n) is 12.3. The third-order valence-corrected chi connectivity index (χ3v) is 4.97. The predicted molar refractivity (Wildman–Crippen MR) is 85.4 cm³/mol. The molecule has 0 nitrogen and oxygen atoms in total. The number of hydrogen-bond donors (Lipinski definition) is 0. The van der Waals surface area contributed by atoms with E-state index >= 15 is 0 Å². The van der Waals surface area contributed by atoms with Gasteiger partial charge in [-0.15, -0.1) is 11.6 Å². The van der Waals surface area contributed by atoms with Gasteiger partial charge in [0.1, 0.15) is 0 Å². The summed E-state index contributed by atoms with van der Waals surface area (Å²) in [6.07, 6.45) is 8.11. The molecule has 1 saturated carbocycles. The van der Waals surface area contributed by atoms with Crippen molar-refractivity contribution in [1.82, 2.24) is 0 Å². The number of hydrogen-bond acceptors (Lipinski definition) is 0. The van der Waals surface area contributed by atoms with Crippen LogP contribution in [0, 0.1) is 17.8 Å². The van der Waals surface area contributed by atoms with Crippen molar-refractivity contribution in [3.8, 4) is 0 Å². The summed E-state index contributed by atoms with van der Waals surface area (Å²) in [5.74, 6) is 1.96. The van der Waals surface area contributed by atoms with Gasteiger partial charge in [-0.05, 0) is 36.2 Å². The molecule has 1 aromatic rings. The van der Waals surface area contributed by atoms with Crippen LogP contribution in [0.25, 0.3) is 6.08 Å². The second-order valence-corrected chi connectivity index (χ2v) is 7.11. The number of allylic oxidation sites excluding steroid dienone is 1. The van der Waals surface area contributed by atoms with Gasteiger partial charge in [-0.3, -0.25) is 0 Å². The van der Waals surface area contributed by atoms with E-state index < -0.39 is 0 Å². The number of benzene rings is 1. The van der Waals surface area contributed by atoms with Crippen LogP contribution in [0.1, 0.15) is 45.6 Å². The van der Waals surface area contributed by atoms with Crippen molar-refractivity contribution in [1.29, 1.82) is 0 Å². The molecule has 0 saturated heterocycles. The molecule has 0 radical (unpaired) electrons. The van der Waals surface area contributed by atoms with Gasteiger partial charge >= 0.3 is 0 Å². The molecule has 0 N–H and O–H groups in total. The van der Waals surface area contributed by atoms with Gasteiger partial charge in [-0.25, -0.2) is 0 Å². The molecule has 1 heteroatoms. The van der Waals surface area contributed by atoms with Crippen LogP contribution in [0.3, 0.4) is 0 Å². The van der Waals surface area contributed by atoms with Gasteiger partial charge in [-0.2, -0.15) is 0 Å². The summed E-state index contributed by atoms with van der Waals surface area (Å²) < 4.78 is 0. The van der Waals surface area contributed by atoms with Gasteiger partial charge in [0.15, 0.2) is 0 Å². The largest absolute Gasteiger partial charge is 0.114 e. The molecule has 0 aliphatic heterocycles. The molecule has 0 heterocycles. The van der Waals surface area contributed by atoms with Crippen molar-refractivity contribution in [2.45, 2.75) is 44.9 Å². The van der Waals surface area contributed by atoms with E-state index in [0.29, 0.717) is 11.8 Å².